The first kappa shape index (κ1) is 16.5. The first-order chi connectivity index (χ1) is 13.0. The predicted molar refractivity (Wildman–Crippen MR) is 105 cm³/mol. The fraction of sp³-hybridized carbons (Fsp3) is 0.300. The van der Waals surface area contributed by atoms with Gasteiger partial charge in [-0.2, -0.15) is 8.42 Å². The van der Waals surface area contributed by atoms with E-state index in [4.69, 9.17) is 4.98 Å². The van der Waals surface area contributed by atoms with E-state index in [9.17, 15) is 8.42 Å². The molecule has 7 heteroatoms. The molecule has 5 rings (SSSR count). The van der Waals surface area contributed by atoms with Gasteiger partial charge in [0.2, 0.25) is 0 Å². The summed E-state index contributed by atoms with van der Waals surface area (Å²) in [5.41, 5.74) is 2.84. The molecule has 1 saturated heterocycles. The van der Waals surface area contributed by atoms with E-state index in [2.05, 4.69) is 28.9 Å². The highest BCUT2D eigenvalue weighted by atomic mass is 32.2. The van der Waals surface area contributed by atoms with Gasteiger partial charge in [0.05, 0.1) is 17.1 Å². The number of amidine groups is 1. The molecule has 27 heavy (non-hydrogen) atoms. The summed E-state index contributed by atoms with van der Waals surface area (Å²) in [6.45, 7) is 5.75. The van der Waals surface area contributed by atoms with Crippen LogP contribution in [0.2, 0.25) is 0 Å². The van der Waals surface area contributed by atoms with Crippen LogP contribution in [0.3, 0.4) is 0 Å². The van der Waals surface area contributed by atoms with E-state index in [1.54, 1.807) is 12.1 Å². The van der Waals surface area contributed by atoms with E-state index in [0.717, 1.165) is 29.9 Å². The van der Waals surface area contributed by atoms with E-state index in [1.807, 2.05) is 35.2 Å². The number of rotatable bonds is 2. The highest BCUT2D eigenvalue weighted by Crippen LogP contribution is 2.35. The second kappa shape index (κ2) is 5.66. The van der Waals surface area contributed by atoms with Crippen molar-refractivity contribution >= 4 is 26.9 Å². The Hall–Kier alpha value is -2.67. The molecule has 0 saturated carbocycles. The maximum absolute atomic E-state index is 12.3. The van der Waals surface area contributed by atoms with E-state index < -0.39 is 10.0 Å². The lowest BCUT2D eigenvalue weighted by Crippen LogP contribution is -2.51. The zero-order chi connectivity index (χ0) is 18.8. The maximum atomic E-state index is 12.3. The van der Waals surface area contributed by atoms with Crippen molar-refractivity contribution in [1.29, 1.82) is 0 Å². The number of nitrogens with zero attached hydrogens (tertiary/aromatic N) is 4. The summed E-state index contributed by atoms with van der Waals surface area (Å²) in [4.78, 5) is 7.17. The molecule has 0 aliphatic carbocycles. The van der Waals surface area contributed by atoms with Crippen LogP contribution in [0.1, 0.15) is 37.2 Å². The van der Waals surface area contributed by atoms with Crippen LogP contribution in [-0.4, -0.2) is 41.8 Å². The molecule has 2 aliphatic rings. The molecule has 0 bridgehead atoms. The number of sulfonamides is 1. The molecular formula is C20H20N4O2S. The zero-order valence-corrected chi connectivity index (χ0v) is 16.0. The summed E-state index contributed by atoms with van der Waals surface area (Å²) in [5, 5.41) is 0. The number of benzene rings is 2. The summed E-state index contributed by atoms with van der Waals surface area (Å²) < 4.78 is 31.0. The van der Waals surface area contributed by atoms with Crippen molar-refractivity contribution in [3.05, 3.63) is 59.9 Å². The van der Waals surface area contributed by atoms with Crippen molar-refractivity contribution in [1.82, 2.24) is 14.5 Å². The quantitative estimate of drug-likeness (QED) is 0.685. The van der Waals surface area contributed by atoms with Crippen molar-refractivity contribution < 1.29 is 8.42 Å². The Kier molecular flexibility index (Phi) is 3.46. The van der Waals surface area contributed by atoms with E-state index >= 15 is 0 Å². The van der Waals surface area contributed by atoms with Gasteiger partial charge in [-0.05, 0) is 24.3 Å². The highest BCUT2D eigenvalue weighted by molar-refractivity contribution is 7.90. The third-order valence-corrected chi connectivity index (χ3v) is 6.60. The van der Waals surface area contributed by atoms with Gasteiger partial charge in [0, 0.05) is 24.6 Å². The Morgan fingerprint density at radius 2 is 1.74 bits per heavy atom. The van der Waals surface area contributed by atoms with Gasteiger partial charge in [-0.15, -0.1) is 4.40 Å². The van der Waals surface area contributed by atoms with Gasteiger partial charge in [-0.1, -0.05) is 38.1 Å². The number of likely N-dealkylation sites (tertiary alicyclic amines) is 1. The van der Waals surface area contributed by atoms with Crippen LogP contribution < -0.4 is 0 Å². The van der Waals surface area contributed by atoms with Crippen molar-refractivity contribution in [3.8, 4) is 0 Å². The SMILES string of the molecule is CC(C)c1nc2ccccc2n1C1CN(C2=NS(=O)(=O)c3ccccc32)C1. The number of imidazole rings is 1. The first-order valence-corrected chi connectivity index (χ1v) is 10.6. The lowest BCUT2D eigenvalue weighted by Gasteiger charge is -2.42. The molecule has 1 aromatic heterocycles. The Balaban J connectivity index is 1.49. The third-order valence-electron chi connectivity index (χ3n) is 5.28. The summed E-state index contributed by atoms with van der Waals surface area (Å²) >= 11 is 0. The molecular weight excluding hydrogens is 360 g/mol. The van der Waals surface area contributed by atoms with E-state index in [-0.39, 0.29) is 6.04 Å². The number of hydrogen-bond acceptors (Lipinski definition) is 4. The summed E-state index contributed by atoms with van der Waals surface area (Å²) in [5.74, 6) is 1.95. The smallest absolute Gasteiger partial charge is 0.285 e. The topological polar surface area (TPSA) is 67.6 Å². The van der Waals surface area contributed by atoms with Crippen LogP contribution in [0, 0.1) is 0 Å². The van der Waals surface area contributed by atoms with Gasteiger partial charge in [-0.3, -0.25) is 0 Å². The molecule has 138 valence electrons. The summed E-state index contributed by atoms with van der Waals surface area (Å²) in [6.07, 6.45) is 0. The molecule has 2 aromatic carbocycles. The van der Waals surface area contributed by atoms with Crippen LogP contribution in [0.25, 0.3) is 11.0 Å². The first-order valence-electron chi connectivity index (χ1n) is 9.12. The number of fused-ring (bicyclic) bond motifs is 2. The largest absolute Gasteiger partial charge is 0.351 e. The monoisotopic (exact) mass is 380 g/mol. The van der Waals surface area contributed by atoms with Crippen LogP contribution in [0.15, 0.2) is 57.8 Å². The standard InChI is InChI=1S/C20H20N4O2S/c1-13(2)19-21-16-8-4-5-9-17(16)24(19)14-11-23(12-14)20-15-7-3-6-10-18(15)27(25,26)22-20/h3-10,13-14H,11-12H2,1-2H3. The lowest BCUT2D eigenvalue weighted by molar-refractivity contribution is 0.192. The van der Waals surface area contributed by atoms with Crippen LogP contribution in [0.4, 0.5) is 0 Å². The number of hydrogen-bond donors (Lipinski definition) is 0. The number of para-hydroxylation sites is 2. The van der Waals surface area contributed by atoms with Gasteiger partial charge < -0.3 is 9.47 Å². The van der Waals surface area contributed by atoms with E-state index in [1.165, 1.54) is 0 Å². The second-order valence-corrected chi connectivity index (χ2v) is 9.00. The lowest BCUT2D eigenvalue weighted by atomic mass is 10.0. The van der Waals surface area contributed by atoms with Crippen molar-refractivity contribution in [3.63, 3.8) is 0 Å². The zero-order valence-electron chi connectivity index (χ0n) is 15.2. The molecule has 2 aliphatic heterocycles. The van der Waals surface area contributed by atoms with Crippen molar-refractivity contribution in [2.24, 2.45) is 4.40 Å². The Labute approximate surface area is 158 Å². The molecule has 1 fully saturated rings. The normalized spacial score (nSPS) is 18.6. The Bertz CT molecular complexity index is 1190. The molecule has 0 atom stereocenters. The summed E-state index contributed by atoms with van der Waals surface area (Å²) in [6, 6.07) is 15.5. The van der Waals surface area contributed by atoms with Gasteiger partial charge in [0.15, 0.2) is 5.84 Å². The van der Waals surface area contributed by atoms with Gasteiger partial charge in [0.1, 0.15) is 10.7 Å². The second-order valence-electron chi connectivity index (χ2n) is 7.43. The number of aromatic nitrogens is 2. The van der Waals surface area contributed by atoms with E-state index in [0.29, 0.717) is 22.2 Å². The van der Waals surface area contributed by atoms with Crippen LogP contribution in [0.5, 0.6) is 0 Å². The van der Waals surface area contributed by atoms with Gasteiger partial charge in [0.25, 0.3) is 10.0 Å². The molecule has 6 nitrogen and oxygen atoms in total. The molecule has 0 radical (unpaired) electrons. The molecule has 0 N–H and O–H groups in total. The average Bonchev–Trinajstić information content (AvgIpc) is 3.11. The third kappa shape index (κ3) is 2.41. The molecule has 3 aromatic rings. The Morgan fingerprint density at radius 1 is 1.04 bits per heavy atom. The van der Waals surface area contributed by atoms with Gasteiger partial charge in [-0.25, -0.2) is 4.98 Å². The molecule has 0 amide bonds. The molecule has 0 spiro atoms. The Morgan fingerprint density at radius 3 is 2.52 bits per heavy atom. The predicted octanol–water partition coefficient (Wildman–Crippen LogP) is 3.17. The van der Waals surface area contributed by atoms with Gasteiger partial charge >= 0.3 is 0 Å². The minimum Gasteiger partial charge on any atom is -0.351 e. The van der Waals surface area contributed by atoms with Crippen molar-refractivity contribution in [2.45, 2.75) is 30.7 Å². The van der Waals surface area contributed by atoms with Crippen molar-refractivity contribution in [2.75, 3.05) is 13.1 Å². The maximum Gasteiger partial charge on any atom is 0.285 e. The average molecular weight is 380 g/mol. The fourth-order valence-electron chi connectivity index (χ4n) is 3.96. The minimum atomic E-state index is -3.58. The molecule has 0 unspecified atom stereocenters. The highest BCUT2D eigenvalue weighted by Gasteiger charge is 2.39. The molecule has 3 heterocycles. The van der Waals surface area contributed by atoms with Crippen LogP contribution in [-0.2, 0) is 10.0 Å². The fourth-order valence-corrected chi connectivity index (χ4v) is 5.19. The van der Waals surface area contributed by atoms with Crippen LogP contribution >= 0.6 is 0 Å². The summed E-state index contributed by atoms with van der Waals surface area (Å²) in [7, 11) is -3.58. The minimum absolute atomic E-state index is 0.257.